The van der Waals surface area contributed by atoms with Crippen LogP contribution in [0.15, 0.2) is 47.3 Å². The summed E-state index contributed by atoms with van der Waals surface area (Å²) in [5.74, 6) is -2.36. The number of alkyl halides is 2. The maximum Gasteiger partial charge on any atom is 0.324 e. The predicted molar refractivity (Wildman–Crippen MR) is 289 cm³/mol. The molecular formula is C56H71F2N9O8S2. The number of halogens is 2. The number of fused-ring (bicyclic) bond motifs is 6. The smallest absolute Gasteiger partial charge is 0.324 e. The number of nitrogens with one attached hydrogen (secondary N) is 2. The van der Waals surface area contributed by atoms with Crippen LogP contribution in [-0.4, -0.2) is 150 Å². The van der Waals surface area contributed by atoms with Gasteiger partial charge in [-0.05, 0) is 99.1 Å². The molecule has 2 saturated carbocycles. The summed E-state index contributed by atoms with van der Waals surface area (Å²) >= 11 is 2.47. The highest BCUT2D eigenvalue weighted by Crippen LogP contribution is 2.54. The van der Waals surface area contributed by atoms with Crippen LogP contribution in [0.1, 0.15) is 106 Å². The number of hydrazine groups is 1. The molecule has 2 N–H and O–H groups in total. The maximum atomic E-state index is 15.0. The minimum Gasteiger partial charge on any atom is -0.464 e. The first-order valence-electron chi connectivity index (χ1n) is 27.4. The number of thiazole rings is 1. The summed E-state index contributed by atoms with van der Waals surface area (Å²) in [5, 5.41) is 9.12. The molecule has 6 bridgehead atoms. The van der Waals surface area contributed by atoms with Gasteiger partial charge in [-0.15, -0.1) is 11.3 Å². The lowest BCUT2D eigenvalue weighted by atomic mass is 9.84. The Bertz CT molecular complexity index is 2900. The third-order valence-electron chi connectivity index (χ3n) is 16.5. The molecule has 5 aromatic rings. The maximum absolute atomic E-state index is 15.0. The van der Waals surface area contributed by atoms with Gasteiger partial charge < -0.3 is 38.5 Å². The van der Waals surface area contributed by atoms with Crippen molar-refractivity contribution in [1.82, 2.24) is 39.6 Å². The third-order valence-corrected chi connectivity index (χ3v) is 17.9. The third kappa shape index (κ3) is 11.7. The normalized spacial score (nSPS) is 26.0. The number of nitrogens with zero attached hydrogens (tertiary/aromatic N) is 7. The lowest BCUT2D eigenvalue weighted by Crippen LogP contribution is -2.61. The van der Waals surface area contributed by atoms with Crippen molar-refractivity contribution >= 4 is 57.2 Å². The second kappa shape index (κ2) is 23.0. The van der Waals surface area contributed by atoms with Crippen molar-refractivity contribution in [3.8, 4) is 22.5 Å². The number of carbonyl (C=O) groups is 3. The number of methoxy groups -OCH3 is 1. The van der Waals surface area contributed by atoms with Gasteiger partial charge in [-0.25, -0.2) is 19.2 Å². The van der Waals surface area contributed by atoms with Gasteiger partial charge in [0.15, 0.2) is 0 Å². The summed E-state index contributed by atoms with van der Waals surface area (Å²) in [4.78, 5) is 58.9. The van der Waals surface area contributed by atoms with Crippen LogP contribution in [0.2, 0.25) is 0 Å². The standard InChI is InChI=1S/C56H71F2N9O8S2/c1-32-46(41-14-24-77-63-41)47(32)52(68)61-49-51(74-29-45(57)58)53-60-43(30-76-53)34-8-11-44-38(25-34)40(27-56(3,4)31-75-55(70)42-7-6-15-67(62-42)54(49)69)50(66(44)20-23-73-37-12-21-72-22-13-37)39-26-36(28-59-48(39)33(2)71-5)65-18-16-64(17-19-65)35-9-10-35/h8,11,14,24-26,28,30,32-33,35,37,42,45-47,49,51,62H,6-7,9-10,12-13,15-23,27,29,31H2,1-5H3,(H,61,68)/t32-,33-,42-,46-,47+,49-,51-/m0/s1. The van der Waals surface area contributed by atoms with E-state index in [2.05, 4.69) is 61.5 Å². The van der Waals surface area contributed by atoms with Crippen LogP contribution in [-0.2, 0) is 51.0 Å². The molecule has 17 nitrogen and oxygen atoms in total. The van der Waals surface area contributed by atoms with Gasteiger partial charge in [0.25, 0.3) is 12.3 Å². The number of benzene rings is 1. The van der Waals surface area contributed by atoms with E-state index >= 15 is 0 Å². The van der Waals surface area contributed by atoms with Crippen LogP contribution in [0.25, 0.3) is 33.4 Å². The molecule has 1 aromatic carbocycles. The van der Waals surface area contributed by atoms with E-state index in [-0.39, 0.29) is 42.2 Å². The first kappa shape index (κ1) is 54.0. The number of hydrogen-bond donors (Lipinski definition) is 2. The number of aromatic nitrogens is 4. The summed E-state index contributed by atoms with van der Waals surface area (Å²) in [6.45, 7) is 13.4. The van der Waals surface area contributed by atoms with Crippen molar-refractivity contribution in [3.63, 3.8) is 0 Å². The number of pyridine rings is 1. The molecule has 5 fully saturated rings. The average Bonchev–Trinajstić information content (AvgIpc) is 4.39. The van der Waals surface area contributed by atoms with Crippen molar-refractivity contribution in [2.24, 2.45) is 17.3 Å². The summed E-state index contributed by atoms with van der Waals surface area (Å²) in [7, 11) is 1.70. The SMILES string of the molecule is CO[C@@H](C)c1ncc(N2CCN(C3CC3)CC2)cc1-c1c2c3cc(ccc3n1CCOC1CCOCC1)-c1csc(n1)[C@@H](OCC(F)F)[C@H](NC(=O)[C@@H]1[C@@H](C)[C@H]1c1ccsn1)C(=O)N1CCC[C@H](N1)C(=O)OCC(C)(C)C2. The van der Waals surface area contributed by atoms with Crippen molar-refractivity contribution in [2.75, 3.05) is 77.8 Å². The topological polar surface area (TPSA) is 175 Å². The van der Waals surface area contributed by atoms with Crippen LogP contribution >= 0.6 is 22.9 Å². The van der Waals surface area contributed by atoms with Gasteiger partial charge in [-0.3, -0.25) is 29.3 Å². The second-order valence-electron chi connectivity index (χ2n) is 22.5. The Kier molecular flexibility index (Phi) is 16.1. The molecule has 77 heavy (non-hydrogen) atoms. The summed E-state index contributed by atoms with van der Waals surface area (Å²) in [6, 6.07) is 8.68. The van der Waals surface area contributed by atoms with Gasteiger partial charge >= 0.3 is 5.97 Å². The molecule has 2 aliphatic carbocycles. The molecule has 414 valence electrons. The second-order valence-corrected chi connectivity index (χ2v) is 24.0. The minimum absolute atomic E-state index is 0.0545. The van der Waals surface area contributed by atoms with Crippen LogP contribution < -0.4 is 15.6 Å². The number of rotatable bonds is 15. The fraction of sp³-hybridized carbons (Fsp3) is 0.607. The van der Waals surface area contributed by atoms with Gasteiger partial charge in [0, 0.05) is 116 Å². The summed E-state index contributed by atoms with van der Waals surface area (Å²) in [5.41, 5.74) is 10.3. The molecule has 7 atom stereocenters. The largest absolute Gasteiger partial charge is 0.464 e. The lowest BCUT2D eigenvalue weighted by Gasteiger charge is -2.37. The highest BCUT2D eigenvalue weighted by molar-refractivity contribution is 7.10. The van der Waals surface area contributed by atoms with Crippen LogP contribution in [0.5, 0.6) is 0 Å². The lowest BCUT2D eigenvalue weighted by molar-refractivity contribution is -0.157. The Morgan fingerprint density at radius 3 is 2.57 bits per heavy atom. The fourth-order valence-electron chi connectivity index (χ4n) is 11.9. The van der Waals surface area contributed by atoms with Crippen molar-refractivity contribution in [1.29, 1.82) is 0 Å². The predicted octanol–water partition coefficient (Wildman–Crippen LogP) is 7.95. The van der Waals surface area contributed by atoms with Gasteiger partial charge in [0.05, 0.1) is 60.1 Å². The highest BCUT2D eigenvalue weighted by Gasteiger charge is 2.55. The van der Waals surface area contributed by atoms with Gasteiger partial charge in [-0.1, -0.05) is 26.8 Å². The Morgan fingerprint density at radius 1 is 1.03 bits per heavy atom. The number of carbonyl (C=O) groups excluding carboxylic acids is 3. The number of amides is 2. The number of ether oxygens (including phenoxy) is 5. The number of hydrogen-bond acceptors (Lipinski definition) is 16. The zero-order valence-electron chi connectivity index (χ0n) is 44.6. The molecule has 2 amide bonds. The van der Waals surface area contributed by atoms with E-state index < -0.39 is 60.3 Å². The van der Waals surface area contributed by atoms with Crippen molar-refractivity contribution < 1.29 is 46.8 Å². The molecular weight excluding hydrogens is 1030 g/mol. The van der Waals surface area contributed by atoms with E-state index in [9.17, 15) is 23.2 Å². The molecule has 4 aromatic heterocycles. The van der Waals surface area contributed by atoms with Gasteiger partial charge in [-0.2, -0.15) is 4.37 Å². The number of esters is 1. The number of piperazine rings is 1. The van der Waals surface area contributed by atoms with Gasteiger partial charge in [0.2, 0.25) is 5.91 Å². The highest BCUT2D eigenvalue weighted by atomic mass is 32.1. The molecule has 21 heteroatoms. The molecule has 0 radical (unpaired) electrons. The number of cyclic esters (lactones) is 1. The fourth-order valence-corrected chi connectivity index (χ4v) is 13.4. The Balaban J connectivity index is 1.04. The van der Waals surface area contributed by atoms with Crippen LogP contribution in [0.3, 0.4) is 0 Å². The van der Waals surface area contributed by atoms with E-state index in [0.29, 0.717) is 57.4 Å². The van der Waals surface area contributed by atoms with E-state index in [0.717, 1.165) is 89.4 Å². The Labute approximate surface area is 456 Å². The molecule has 0 unspecified atom stereocenters. The van der Waals surface area contributed by atoms with E-state index in [4.69, 9.17) is 33.7 Å². The molecule has 0 spiro atoms. The Morgan fingerprint density at radius 2 is 1.83 bits per heavy atom. The first-order chi connectivity index (χ1) is 37.2. The number of anilines is 1. The Hall–Kier alpha value is -5.00. The summed E-state index contributed by atoms with van der Waals surface area (Å²) < 4.78 is 66.0. The molecule has 8 heterocycles. The van der Waals surface area contributed by atoms with Crippen molar-refractivity contribution in [2.45, 2.75) is 128 Å². The summed E-state index contributed by atoms with van der Waals surface area (Å²) in [6.07, 6.45) is 2.87. The van der Waals surface area contributed by atoms with E-state index in [1.54, 1.807) is 7.11 Å². The van der Waals surface area contributed by atoms with E-state index in [1.165, 1.54) is 40.7 Å². The first-order valence-corrected chi connectivity index (χ1v) is 29.1. The molecule has 6 aliphatic rings. The quantitative estimate of drug-likeness (QED) is 0.0967. The van der Waals surface area contributed by atoms with E-state index in [1.807, 2.05) is 42.9 Å². The zero-order valence-corrected chi connectivity index (χ0v) is 46.2. The van der Waals surface area contributed by atoms with Gasteiger partial charge in [0.1, 0.15) is 29.8 Å². The zero-order chi connectivity index (χ0) is 53.5. The van der Waals surface area contributed by atoms with Crippen LogP contribution in [0.4, 0.5) is 14.5 Å². The minimum atomic E-state index is -2.88. The molecule has 4 aliphatic heterocycles. The monoisotopic (exact) mass is 1100 g/mol. The molecule has 3 saturated heterocycles. The van der Waals surface area contributed by atoms with Crippen molar-refractivity contribution in [3.05, 3.63) is 69.2 Å². The average molecular weight is 1100 g/mol. The van der Waals surface area contributed by atoms with Crippen LogP contribution in [0, 0.1) is 17.3 Å². The molecule has 11 rings (SSSR count).